The van der Waals surface area contributed by atoms with Crippen LogP contribution in [0, 0.1) is 0 Å². The number of allylic oxidation sites excluding steroid dienone is 1. The number of alkyl halides is 3. The minimum atomic E-state index is -4.21. The predicted molar refractivity (Wildman–Crippen MR) is 55.2 cm³/mol. The molecule has 2 N–H and O–H groups in total. The van der Waals surface area contributed by atoms with Crippen LogP contribution >= 0.6 is 0 Å². The summed E-state index contributed by atoms with van der Waals surface area (Å²) in [5.74, 6) is 0.694. The summed E-state index contributed by atoms with van der Waals surface area (Å²) in [5, 5.41) is 5.22. The Bertz CT molecular complexity index is 412. The lowest BCUT2D eigenvalue weighted by atomic mass is 10.1. The highest BCUT2D eigenvalue weighted by atomic mass is 19.4. The Labute approximate surface area is 90.4 Å². The maximum absolute atomic E-state index is 12.0. The summed E-state index contributed by atoms with van der Waals surface area (Å²) in [5.41, 5.74) is 1.27. The van der Waals surface area contributed by atoms with Gasteiger partial charge in [0.05, 0.1) is 11.9 Å². The van der Waals surface area contributed by atoms with Crippen molar-refractivity contribution in [2.45, 2.75) is 12.6 Å². The molecule has 1 aromatic heterocycles. The van der Waals surface area contributed by atoms with Crippen molar-refractivity contribution in [3.05, 3.63) is 30.1 Å². The number of pyridine rings is 1. The Balaban J connectivity index is 2.07. The summed E-state index contributed by atoms with van der Waals surface area (Å²) in [6.45, 7) is -1.04. The first-order valence-electron chi connectivity index (χ1n) is 4.76. The Hall–Kier alpha value is -1.72. The van der Waals surface area contributed by atoms with Crippen LogP contribution in [0.2, 0.25) is 0 Å². The van der Waals surface area contributed by atoms with Gasteiger partial charge >= 0.3 is 6.18 Å². The molecule has 3 nitrogen and oxygen atoms in total. The summed E-state index contributed by atoms with van der Waals surface area (Å²) in [6.07, 6.45) is 1.50. The highest BCUT2D eigenvalue weighted by Crippen LogP contribution is 2.22. The van der Waals surface area contributed by atoms with E-state index >= 15 is 0 Å². The third kappa shape index (κ3) is 2.65. The molecule has 0 fully saturated rings. The molecular formula is C10H10F3N3. The third-order valence-electron chi connectivity index (χ3n) is 2.14. The zero-order chi connectivity index (χ0) is 11.6. The molecular weight excluding hydrogens is 219 g/mol. The highest BCUT2D eigenvalue weighted by molar-refractivity contribution is 5.57. The van der Waals surface area contributed by atoms with Crippen molar-refractivity contribution < 1.29 is 13.2 Å². The number of nitrogens with zero attached hydrogens (tertiary/aromatic N) is 1. The lowest BCUT2D eigenvalue weighted by Crippen LogP contribution is -2.21. The predicted octanol–water partition coefficient (Wildman–Crippen LogP) is 2.54. The lowest BCUT2D eigenvalue weighted by molar-refractivity contribution is -0.115. The van der Waals surface area contributed by atoms with Gasteiger partial charge in [-0.25, -0.2) is 4.98 Å². The molecule has 2 heterocycles. The van der Waals surface area contributed by atoms with Crippen LogP contribution in [-0.4, -0.2) is 17.7 Å². The molecule has 6 heteroatoms. The molecule has 0 spiro atoms. The standard InChI is InChI=1S/C10H10F3N3/c11-10(12,13)6-16-8-4-7-2-1-3-14-9(7)15-5-8/h1,3-5,16H,2,6H2,(H,14,15). The van der Waals surface area contributed by atoms with E-state index in [4.69, 9.17) is 0 Å². The molecule has 2 rings (SSSR count). The van der Waals surface area contributed by atoms with E-state index in [-0.39, 0.29) is 0 Å². The maximum Gasteiger partial charge on any atom is 0.405 e. The quantitative estimate of drug-likeness (QED) is 0.818. The van der Waals surface area contributed by atoms with Gasteiger partial charge in [-0.2, -0.15) is 13.2 Å². The van der Waals surface area contributed by atoms with Crippen LogP contribution in [0.25, 0.3) is 0 Å². The average molecular weight is 229 g/mol. The molecule has 0 bridgehead atoms. The first-order valence-corrected chi connectivity index (χ1v) is 4.76. The Kier molecular flexibility index (Phi) is 2.72. The van der Waals surface area contributed by atoms with Crippen molar-refractivity contribution in [3.8, 4) is 0 Å². The smallest absolute Gasteiger partial charge is 0.375 e. The van der Waals surface area contributed by atoms with Gasteiger partial charge in [-0.1, -0.05) is 6.08 Å². The van der Waals surface area contributed by atoms with Crippen LogP contribution in [0.4, 0.5) is 24.7 Å². The van der Waals surface area contributed by atoms with Gasteiger partial charge in [0.1, 0.15) is 12.4 Å². The molecule has 16 heavy (non-hydrogen) atoms. The van der Waals surface area contributed by atoms with Crippen molar-refractivity contribution in [1.29, 1.82) is 0 Å². The van der Waals surface area contributed by atoms with Crippen molar-refractivity contribution in [3.63, 3.8) is 0 Å². The maximum atomic E-state index is 12.0. The van der Waals surface area contributed by atoms with Gasteiger partial charge < -0.3 is 10.6 Å². The number of fused-ring (bicyclic) bond motifs is 1. The van der Waals surface area contributed by atoms with E-state index in [1.54, 1.807) is 12.3 Å². The van der Waals surface area contributed by atoms with Gasteiger partial charge in [0.2, 0.25) is 0 Å². The van der Waals surface area contributed by atoms with Crippen molar-refractivity contribution in [1.82, 2.24) is 4.98 Å². The van der Waals surface area contributed by atoms with Gasteiger partial charge in [-0.3, -0.25) is 0 Å². The first-order chi connectivity index (χ1) is 7.54. The second kappa shape index (κ2) is 4.03. The summed E-state index contributed by atoms with van der Waals surface area (Å²) >= 11 is 0. The number of halogens is 3. The van der Waals surface area contributed by atoms with Gasteiger partial charge in [-0.15, -0.1) is 0 Å². The number of rotatable bonds is 2. The Morgan fingerprint density at radius 2 is 2.25 bits per heavy atom. The van der Waals surface area contributed by atoms with Crippen LogP contribution in [0.3, 0.4) is 0 Å². The topological polar surface area (TPSA) is 37.0 Å². The van der Waals surface area contributed by atoms with Gasteiger partial charge in [0.25, 0.3) is 0 Å². The SMILES string of the molecule is FC(F)(F)CNc1cnc2c(c1)CC=CN2. The van der Waals surface area contributed by atoms with Gasteiger partial charge in [-0.05, 0) is 18.7 Å². The van der Waals surface area contributed by atoms with Gasteiger partial charge in [0.15, 0.2) is 0 Å². The van der Waals surface area contributed by atoms with Crippen LogP contribution in [0.15, 0.2) is 24.5 Å². The number of nitrogens with one attached hydrogen (secondary N) is 2. The number of aromatic nitrogens is 1. The van der Waals surface area contributed by atoms with E-state index in [1.165, 1.54) is 6.20 Å². The molecule has 0 saturated heterocycles. The summed E-state index contributed by atoms with van der Waals surface area (Å²) < 4.78 is 35.9. The zero-order valence-corrected chi connectivity index (χ0v) is 8.30. The van der Waals surface area contributed by atoms with E-state index < -0.39 is 12.7 Å². The molecule has 0 radical (unpaired) electrons. The Morgan fingerprint density at radius 3 is 3.00 bits per heavy atom. The second-order valence-electron chi connectivity index (χ2n) is 3.45. The molecule has 0 aromatic carbocycles. The van der Waals surface area contributed by atoms with Crippen molar-refractivity contribution >= 4 is 11.5 Å². The molecule has 86 valence electrons. The van der Waals surface area contributed by atoms with E-state index in [0.29, 0.717) is 17.9 Å². The number of hydrogen-bond donors (Lipinski definition) is 2. The molecule has 0 amide bonds. The fraction of sp³-hybridized carbons (Fsp3) is 0.300. The molecule has 0 atom stereocenters. The molecule has 1 aliphatic rings. The zero-order valence-electron chi connectivity index (χ0n) is 8.30. The normalized spacial score (nSPS) is 14.2. The van der Waals surface area contributed by atoms with Crippen LogP contribution in [0.1, 0.15) is 5.56 Å². The largest absolute Gasteiger partial charge is 0.405 e. The van der Waals surface area contributed by atoms with Gasteiger partial charge in [0, 0.05) is 5.56 Å². The van der Waals surface area contributed by atoms with Crippen LogP contribution < -0.4 is 10.6 Å². The molecule has 0 unspecified atom stereocenters. The molecule has 0 aliphatic carbocycles. The van der Waals surface area contributed by atoms with Crippen molar-refractivity contribution in [2.24, 2.45) is 0 Å². The first kappa shape index (κ1) is 10.8. The molecule has 1 aliphatic heterocycles. The monoisotopic (exact) mass is 229 g/mol. The van der Waals surface area contributed by atoms with Crippen LogP contribution in [-0.2, 0) is 6.42 Å². The summed E-state index contributed by atoms with van der Waals surface area (Å²) in [6, 6.07) is 1.67. The minimum Gasteiger partial charge on any atom is -0.375 e. The van der Waals surface area contributed by atoms with E-state index in [0.717, 1.165) is 5.56 Å². The lowest BCUT2D eigenvalue weighted by Gasteiger charge is -2.14. The van der Waals surface area contributed by atoms with E-state index in [1.807, 2.05) is 6.08 Å². The summed E-state index contributed by atoms with van der Waals surface area (Å²) in [4.78, 5) is 4.03. The van der Waals surface area contributed by atoms with E-state index in [2.05, 4.69) is 15.6 Å². The minimum absolute atomic E-state index is 0.383. The average Bonchev–Trinajstić information content (AvgIpc) is 2.25. The molecule has 0 saturated carbocycles. The number of anilines is 2. The fourth-order valence-corrected chi connectivity index (χ4v) is 1.42. The van der Waals surface area contributed by atoms with Crippen molar-refractivity contribution in [2.75, 3.05) is 17.2 Å². The number of hydrogen-bond acceptors (Lipinski definition) is 3. The van der Waals surface area contributed by atoms with E-state index in [9.17, 15) is 13.2 Å². The second-order valence-corrected chi connectivity index (χ2v) is 3.45. The summed E-state index contributed by atoms with van der Waals surface area (Å²) in [7, 11) is 0. The molecule has 1 aromatic rings. The fourth-order valence-electron chi connectivity index (χ4n) is 1.42. The van der Waals surface area contributed by atoms with Crippen LogP contribution in [0.5, 0.6) is 0 Å². The third-order valence-corrected chi connectivity index (χ3v) is 2.14. The highest BCUT2D eigenvalue weighted by Gasteiger charge is 2.26. The Morgan fingerprint density at radius 1 is 1.44 bits per heavy atom.